The number of hydrogen-bond donors (Lipinski definition) is 0. The van der Waals surface area contributed by atoms with Gasteiger partial charge in [-0.2, -0.15) is 0 Å². The van der Waals surface area contributed by atoms with Gasteiger partial charge in [0.25, 0.3) is 0 Å². The minimum absolute atomic E-state index is 0.254. The monoisotopic (exact) mass is 301 g/mol. The fraction of sp³-hybridized carbons (Fsp3) is 0.583. The molecule has 2 heterocycles. The summed E-state index contributed by atoms with van der Waals surface area (Å²) in [5.41, 5.74) is 0. The van der Waals surface area contributed by atoms with Crippen LogP contribution in [0.15, 0.2) is 16.7 Å². The number of rotatable bonds is 1. The molecular formula is C12H17BrFN3. The molecule has 1 fully saturated rings. The van der Waals surface area contributed by atoms with Crippen molar-refractivity contribution in [3.63, 3.8) is 0 Å². The lowest BCUT2D eigenvalue weighted by molar-refractivity contribution is 0.336. The SMILES string of the molecule is CC1CN(C)CCCN1c1ncc(Br)cc1F. The molecule has 0 amide bonds. The zero-order valence-electron chi connectivity index (χ0n) is 10.2. The van der Waals surface area contributed by atoms with Crippen LogP contribution in [0.5, 0.6) is 0 Å². The minimum atomic E-state index is -0.254. The average molecular weight is 302 g/mol. The molecule has 0 aromatic carbocycles. The van der Waals surface area contributed by atoms with E-state index in [1.54, 1.807) is 6.20 Å². The van der Waals surface area contributed by atoms with Crippen LogP contribution in [0.1, 0.15) is 13.3 Å². The Hall–Kier alpha value is -0.680. The summed E-state index contributed by atoms with van der Waals surface area (Å²) < 4.78 is 14.6. The first-order chi connectivity index (χ1) is 8.08. The van der Waals surface area contributed by atoms with Crippen molar-refractivity contribution < 1.29 is 4.39 Å². The molecular weight excluding hydrogens is 285 g/mol. The van der Waals surface area contributed by atoms with Crippen molar-refractivity contribution in [1.82, 2.24) is 9.88 Å². The van der Waals surface area contributed by atoms with Crippen LogP contribution in [0.2, 0.25) is 0 Å². The van der Waals surface area contributed by atoms with E-state index in [0.717, 1.165) is 26.1 Å². The Morgan fingerprint density at radius 3 is 2.94 bits per heavy atom. The molecule has 0 radical (unpaired) electrons. The fourth-order valence-electron chi connectivity index (χ4n) is 2.31. The topological polar surface area (TPSA) is 19.4 Å². The first-order valence-corrected chi connectivity index (χ1v) is 6.63. The second-order valence-electron chi connectivity index (χ2n) is 4.62. The molecule has 0 N–H and O–H groups in total. The summed E-state index contributed by atoms with van der Waals surface area (Å²) in [6.07, 6.45) is 2.69. The number of anilines is 1. The quantitative estimate of drug-likeness (QED) is 0.794. The summed E-state index contributed by atoms with van der Waals surface area (Å²) in [7, 11) is 2.10. The van der Waals surface area contributed by atoms with Crippen molar-refractivity contribution in [3.8, 4) is 0 Å². The van der Waals surface area contributed by atoms with Crippen molar-refractivity contribution >= 4 is 21.7 Å². The summed E-state index contributed by atoms with van der Waals surface area (Å²) in [6.45, 7) is 4.97. The van der Waals surface area contributed by atoms with Crippen LogP contribution in [-0.4, -0.2) is 42.6 Å². The highest BCUT2D eigenvalue weighted by Crippen LogP contribution is 2.23. The van der Waals surface area contributed by atoms with Gasteiger partial charge in [0.2, 0.25) is 0 Å². The number of likely N-dealkylation sites (N-methyl/N-ethyl adjacent to an activating group) is 1. The third kappa shape index (κ3) is 2.96. The lowest BCUT2D eigenvalue weighted by Gasteiger charge is -2.29. The normalized spacial score (nSPS) is 22.6. The predicted octanol–water partition coefficient (Wildman–Crippen LogP) is 2.51. The fourth-order valence-corrected chi connectivity index (χ4v) is 2.61. The zero-order valence-corrected chi connectivity index (χ0v) is 11.7. The van der Waals surface area contributed by atoms with Gasteiger partial charge in [0.1, 0.15) is 0 Å². The van der Waals surface area contributed by atoms with E-state index in [0.29, 0.717) is 10.3 Å². The third-order valence-electron chi connectivity index (χ3n) is 3.11. The van der Waals surface area contributed by atoms with Crippen LogP contribution in [0.3, 0.4) is 0 Å². The van der Waals surface area contributed by atoms with E-state index in [2.05, 4.69) is 44.7 Å². The molecule has 5 heteroatoms. The van der Waals surface area contributed by atoms with E-state index in [1.165, 1.54) is 6.07 Å². The molecule has 0 aliphatic carbocycles. The highest BCUT2D eigenvalue weighted by Gasteiger charge is 2.23. The van der Waals surface area contributed by atoms with Crippen LogP contribution in [-0.2, 0) is 0 Å². The largest absolute Gasteiger partial charge is 0.350 e. The summed E-state index contributed by atoms with van der Waals surface area (Å²) in [6, 6.07) is 1.76. The highest BCUT2D eigenvalue weighted by molar-refractivity contribution is 9.10. The lowest BCUT2D eigenvalue weighted by Crippen LogP contribution is -2.38. The van der Waals surface area contributed by atoms with Crippen LogP contribution < -0.4 is 4.90 Å². The van der Waals surface area contributed by atoms with E-state index in [4.69, 9.17) is 0 Å². The molecule has 1 aliphatic rings. The van der Waals surface area contributed by atoms with Crippen molar-refractivity contribution in [2.24, 2.45) is 0 Å². The molecule has 3 nitrogen and oxygen atoms in total. The Kier molecular flexibility index (Phi) is 3.99. The van der Waals surface area contributed by atoms with Gasteiger partial charge >= 0.3 is 0 Å². The summed E-state index contributed by atoms with van der Waals surface area (Å²) in [4.78, 5) is 8.54. The van der Waals surface area contributed by atoms with Gasteiger partial charge in [-0.1, -0.05) is 0 Å². The summed E-state index contributed by atoms with van der Waals surface area (Å²) >= 11 is 3.23. The molecule has 1 aromatic rings. The molecule has 0 bridgehead atoms. The smallest absolute Gasteiger partial charge is 0.166 e. The number of halogens is 2. The van der Waals surface area contributed by atoms with Gasteiger partial charge < -0.3 is 9.80 Å². The summed E-state index contributed by atoms with van der Waals surface area (Å²) in [5.74, 6) is 0.215. The van der Waals surface area contributed by atoms with E-state index < -0.39 is 0 Å². The molecule has 2 rings (SSSR count). The van der Waals surface area contributed by atoms with E-state index in [1.807, 2.05) is 0 Å². The van der Waals surface area contributed by atoms with Crippen LogP contribution in [0, 0.1) is 5.82 Å². The second-order valence-corrected chi connectivity index (χ2v) is 5.53. The van der Waals surface area contributed by atoms with Crippen molar-refractivity contribution in [3.05, 3.63) is 22.6 Å². The molecule has 1 aliphatic heterocycles. The van der Waals surface area contributed by atoms with Gasteiger partial charge in [0.05, 0.1) is 0 Å². The first kappa shape index (κ1) is 12.8. The lowest BCUT2D eigenvalue weighted by atomic mass is 10.2. The van der Waals surface area contributed by atoms with E-state index >= 15 is 0 Å². The molecule has 1 aromatic heterocycles. The first-order valence-electron chi connectivity index (χ1n) is 5.84. The zero-order chi connectivity index (χ0) is 12.4. The number of pyridine rings is 1. The van der Waals surface area contributed by atoms with E-state index in [9.17, 15) is 4.39 Å². The number of aromatic nitrogens is 1. The van der Waals surface area contributed by atoms with Gasteiger partial charge in [-0.15, -0.1) is 0 Å². The molecule has 1 unspecified atom stereocenters. The Morgan fingerprint density at radius 1 is 1.47 bits per heavy atom. The Bertz CT molecular complexity index is 399. The second kappa shape index (κ2) is 5.31. The molecule has 17 heavy (non-hydrogen) atoms. The van der Waals surface area contributed by atoms with E-state index in [-0.39, 0.29) is 11.9 Å². The van der Waals surface area contributed by atoms with Crippen molar-refractivity contribution in [2.45, 2.75) is 19.4 Å². The van der Waals surface area contributed by atoms with Crippen molar-refractivity contribution in [1.29, 1.82) is 0 Å². The number of nitrogens with zero attached hydrogens (tertiary/aromatic N) is 3. The van der Waals surface area contributed by atoms with Crippen molar-refractivity contribution in [2.75, 3.05) is 31.6 Å². The van der Waals surface area contributed by atoms with Gasteiger partial charge in [-0.05, 0) is 48.9 Å². The van der Waals surface area contributed by atoms with Gasteiger partial charge in [-0.3, -0.25) is 0 Å². The average Bonchev–Trinajstić information content (AvgIpc) is 2.40. The maximum Gasteiger partial charge on any atom is 0.166 e. The van der Waals surface area contributed by atoms with Crippen LogP contribution >= 0.6 is 15.9 Å². The molecule has 0 saturated carbocycles. The molecule has 1 saturated heterocycles. The van der Waals surface area contributed by atoms with Gasteiger partial charge in [0.15, 0.2) is 11.6 Å². The molecule has 1 atom stereocenters. The summed E-state index contributed by atoms with van der Waals surface area (Å²) in [5, 5.41) is 0. The Morgan fingerprint density at radius 2 is 2.24 bits per heavy atom. The molecule has 94 valence electrons. The third-order valence-corrected chi connectivity index (χ3v) is 3.54. The standard InChI is InChI=1S/C12H17BrFN3/c1-9-8-16(2)4-3-5-17(9)12-11(14)6-10(13)7-15-12/h6-7,9H,3-5,8H2,1-2H3. The number of hydrogen-bond acceptors (Lipinski definition) is 3. The minimum Gasteiger partial charge on any atom is -0.350 e. The van der Waals surface area contributed by atoms with Gasteiger partial charge in [-0.25, -0.2) is 9.37 Å². The highest BCUT2D eigenvalue weighted by atomic mass is 79.9. The Labute approximate surface area is 110 Å². The van der Waals surface area contributed by atoms with Crippen LogP contribution in [0.25, 0.3) is 0 Å². The predicted molar refractivity (Wildman–Crippen MR) is 70.8 cm³/mol. The maximum atomic E-state index is 13.9. The molecule has 0 spiro atoms. The Balaban J connectivity index is 2.25. The van der Waals surface area contributed by atoms with Crippen LogP contribution in [0.4, 0.5) is 10.2 Å². The van der Waals surface area contributed by atoms with Gasteiger partial charge in [0, 0.05) is 29.8 Å². The maximum absolute atomic E-state index is 13.9.